The summed E-state index contributed by atoms with van der Waals surface area (Å²) in [4.78, 5) is 15.3. The second kappa shape index (κ2) is 9.45. The van der Waals surface area contributed by atoms with Crippen molar-refractivity contribution in [3.63, 3.8) is 0 Å². The predicted octanol–water partition coefficient (Wildman–Crippen LogP) is 3.68. The molecule has 2 aliphatic carbocycles. The molecule has 7 rings (SSSR count). The molecule has 1 N–H and O–H groups in total. The fourth-order valence-electron chi connectivity index (χ4n) is 7.98. The molecule has 220 valence electrons. The molecule has 0 radical (unpaired) electrons. The molecule has 5 atom stereocenters. The zero-order chi connectivity index (χ0) is 29.4. The van der Waals surface area contributed by atoms with E-state index in [4.69, 9.17) is 13.9 Å². The van der Waals surface area contributed by atoms with Crippen molar-refractivity contribution in [2.45, 2.75) is 66.7 Å². The minimum Gasteiger partial charge on any atom is -0.493 e. The maximum Gasteiger partial charge on any atom is 0.246 e. The summed E-state index contributed by atoms with van der Waals surface area (Å²) in [6, 6.07) is 11.4. The summed E-state index contributed by atoms with van der Waals surface area (Å²) in [5, 5.41) is 12.8. The molecule has 42 heavy (non-hydrogen) atoms. The fraction of sp³-hybridized carbons (Fsp3) is 0.406. The van der Waals surface area contributed by atoms with E-state index in [2.05, 4.69) is 0 Å². The second-order valence-corrected chi connectivity index (χ2v) is 13.8. The van der Waals surface area contributed by atoms with Gasteiger partial charge in [0.1, 0.15) is 6.10 Å². The van der Waals surface area contributed by atoms with Crippen LogP contribution >= 0.6 is 0 Å². The van der Waals surface area contributed by atoms with Crippen molar-refractivity contribution in [1.29, 1.82) is 0 Å². The summed E-state index contributed by atoms with van der Waals surface area (Å²) in [6.45, 7) is 2.14. The maximum absolute atomic E-state index is 14.0. The van der Waals surface area contributed by atoms with E-state index in [0.717, 1.165) is 22.3 Å². The number of nitrogens with zero attached hydrogens (tertiary/aromatic N) is 2. The minimum atomic E-state index is -3.88. The molecule has 2 bridgehead atoms. The molecule has 3 aromatic rings. The molecule has 4 aliphatic rings. The van der Waals surface area contributed by atoms with Crippen LogP contribution in [0.2, 0.25) is 0 Å². The van der Waals surface area contributed by atoms with E-state index < -0.39 is 33.2 Å². The molecule has 1 amide bonds. The molecule has 1 saturated carbocycles. The molecule has 0 unspecified atom stereocenters. The third-order valence-corrected chi connectivity index (χ3v) is 11.9. The van der Waals surface area contributed by atoms with Crippen molar-refractivity contribution in [2.75, 3.05) is 20.7 Å². The van der Waals surface area contributed by atoms with Gasteiger partial charge in [-0.25, -0.2) is 8.42 Å². The summed E-state index contributed by atoms with van der Waals surface area (Å²) in [5.74, 6) is 0.968. The van der Waals surface area contributed by atoms with Gasteiger partial charge in [-0.2, -0.15) is 4.31 Å². The van der Waals surface area contributed by atoms with Crippen LogP contribution in [0.25, 0.3) is 6.08 Å². The molecular weight excluding hydrogens is 556 g/mol. The van der Waals surface area contributed by atoms with E-state index in [1.165, 1.54) is 10.4 Å². The van der Waals surface area contributed by atoms with Crippen LogP contribution in [0.3, 0.4) is 0 Å². The first-order chi connectivity index (χ1) is 20.1. The maximum atomic E-state index is 14.0. The molecule has 2 aromatic carbocycles. The van der Waals surface area contributed by atoms with Crippen LogP contribution in [0.5, 0.6) is 11.5 Å². The number of rotatable bonds is 6. The van der Waals surface area contributed by atoms with Gasteiger partial charge in [0.25, 0.3) is 0 Å². The van der Waals surface area contributed by atoms with E-state index in [9.17, 15) is 18.3 Å². The van der Waals surface area contributed by atoms with Gasteiger partial charge in [-0.15, -0.1) is 0 Å². The number of hydrogen-bond donors (Lipinski definition) is 1. The lowest BCUT2D eigenvalue weighted by Gasteiger charge is -2.64. The van der Waals surface area contributed by atoms with Crippen molar-refractivity contribution in [3.8, 4) is 11.5 Å². The second-order valence-electron chi connectivity index (χ2n) is 11.9. The van der Waals surface area contributed by atoms with Crippen LogP contribution < -0.4 is 9.47 Å². The van der Waals surface area contributed by atoms with Crippen LogP contribution in [0, 0.1) is 6.92 Å². The monoisotopic (exact) mass is 590 g/mol. The van der Waals surface area contributed by atoms with Gasteiger partial charge in [0.2, 0.25) is 15.9 Å². The predicted molar refractivity (Wildman–Crippen MR) is 155 cm³/mol. The Balaban J connectivity index is 1.31. The highest BCUT2D eigenvalue weighted by Crippen LogP contribution is 2.66. The van der Waals surface area contributed by atoms with Gasteiger partial charge in [-0.1, -0.05) is 23.8 Å². The van der Waals surface area contributed by atoms with Crippen LogP contribution in [0.15, 0.2) is 70.4 Å². The number of aryl methyl sites for hydroxylation is 1. The molecule has 2 aliphatic heterocycles. The fourth-order valence-corrected chi connectivity index (χ4v) is 9.65. The van der Waals surface area contributed by atoms with Gasteiger partial charge in [-0.05, 0) is 68.5 Å². The smallest absolute Gasteiger partial charge is 0.246 e. The summed E-state index contributed by atoms with van der Waals surface area (Å²) >= 11 is 0. The first-order valence-corrected chi connectivity index (χ1v) is 15.7. The Morgan fingerprint density at radius 3 is 2.67 bits per heavy atom. The van der Waals surface area contributed by atoms with Crippen molar-refractivity contribution >= 4 is 22.0 Å². The standard InChI is InChI=1S/C32H34N2O7S/c1-20-4-8-23(9-5-20)42(37,38)34-16-15-31-28-22-7-10-25(39-3)29(28)41-30(31)24(12-14-32(31,36)26(34)18-22)33(2)27(35)11-6-21-13-17-40-19-21/h4-11,13,17,19,24,26,30,36H,12,14-16,18H2,1-3H3/b11-6-/t24-,26-,30+,31+,32-/m1/s1. The highest BCUT2D eigenvalue weighted by atomic mass is 32.2. The number of sulfonamides is 1. The first-order valence-electron chi connectivity index (χ1n) is 14.3. The molecule has 1 saturated heterocycles. The molecular formula is C32H34N2O7S. The van der Waals surface area contributed by atoms with E-state index >= 15 is 0 Å². The van der Waals surface area contributed by atoms with Crippen LogP contribution in [-0.2, 0) is 26.7 Å². The van der Waals surface area contributed by atoms with Gasteiger partial charge in [0, 0.05) is 30.8 Å². The Morgan fingerprint density at radius 2 is 1.95 bits per heavy atom. The average Bonchev–Trinajstić information content (AvgIpc) is 3.61. The molecule has 10 heteroatoms. The lowest BCUT2D eigenvalue weighted by molar-refractivity contribution is -0.186. The molecule has 2 fully saturated rings. The highest BCUT2D eigenvalue weighted by molar-refractivity contribution is 7.89. The molecule has 3 heterocycles. The summed E-state index contributed by atoms with van der Waals surface area (Å²) in [6.07, 6.45) is 7.24. The van der Waals surface area contributed by atoms with E-state index in [1.54, 1.807) is 68.0 Å². The van der Waals surface area contributed by atoms with E-state index in [-0.39, 0.29) is 23.4 Å². The summed E-state index contributed by atoms with van der Waals surface area (Å²) in [7, 11) is -0.537. The number of ether oxygens (including phenoxy) is 2. The van der Waals surface area contributed by atoms with Gasteiger partial charge in [0.05, 0.1) is 47.6 Å². The number of aliphatic hydroxyl groups is 1. The molecule has 9 nitrogen and oxygen atoms in total. The van der Waals surface area contributed by atoms with Crippen LogP contribution in [0.4, 0.5) is 0 Å². The van der Waals surface area contributed by atoms with Gasteiger partial charge < -0.3 is 23.9 Å². The molecule has 1 aromatic heterocycles. The quantitative estimate of drug-likeness (QED) is 0.436. The Bertz CT molecular complexity index is 1680. The van der Waals surface area contributed by atoms with E-state index in [0.29, 0.717) is 37.2 Å². The molecule has 1 spiro atoms. The van der Waals surface area contributed by atoms with Crippen molar-refractivity contribution in [3.05, 3.63) is 83.3 Å². The Kier molecular flexibility index (Phi) is 6.13. The number of methoxy groups -OCH3 is 1. The van der Waals surface area contributed by atoms with Gasteiger partial charge in [-0.3, -0.25) is 4.79 Å². The minimum absolute atomic E-state index is 0.193. The summed E-state index contributed by atoms with van der Waals surface area (Å²) < 4.78 is 47.1. The SMILES string of the molecule is COc1ccc2c3c1O[C@H]1[C@H](N(C)C(=O)/C=C\c4ccoc4)CC[C@@]4(O)[C@@H](C2)N(S(=O)(=O)c2ccc(C)cc2)CC[C@]314. The Morgan fingerprint density at radius 1 is 1.17 bits per heavy atom. The number of piperidine rings is 1. The zero-order valence-corrected chi connectivity index (χ0v) is 24.6. The van der Waals surface area contributed by atoms with Gasteiger partial charge in [0.15, 0.2) is 11.5 Å². The summed E-state index contributed by atoms with van der Waals surface area (Å²) in [5.41, 5.74) is 1.30. The third kappa shape index (κ3) is 3.61. The topological polar surface area (TPSA) is 110 Å². The van der Waals surface area contributed by atoms with Crippen molar-refractivity contribution in [2.24, 2.45) is 0 Å². The van der Waals surface area contributed by atoms with E-state index in [1.807, 2.05) is 19.1 Å². The van der Waals surface area contributed by atoms with Crippen molar-refractivity contribution < 1.29 is 32.2 Å². The highest BCUT2D eigenvalue weighted by Gasteiger charge is 2.74. The van der Waals surface area contributed by atoms with Gasteiger partial charge >= 0.3 is 0 Å². The van der Waals surface area contributed by atoms with Crippen molar-refractivity contribution in [1.82, 2.24) is 9.21 Å². The Labute approximate surface area is 245 Å². The lowest BCUT2D eigenvalue weighted by Crippen LogP contribution is -2.78. The number of hydrogen-bond acceptors (Lipinski definition) is 7. The number of benzene rings is 2. The average molecular weight is 591 g/mol. The first kappa shape index (κ1) is 27.2. The number of carbonyl (C=O) groups excluding carboxylic acids is 1. The number of amides is 1. The Hall–Kier alpha value is -3.60. The normalized spacial score (nSPS) is 29.7. The third-order valence-electron chi connectivity index (χ3n) is 10.0. The number of furan rings is 1. The van der Waals surface area contributed by atoms with Crippen LogP contribution in [-0.4, -0.2) is 73.1 Å². The van der Waals surface area contributed by atoms with Crippen LogP contribution in [0.1, 0.15) is 41.5 Å². The zero-order valence-electron chi connectivity index (χ0n) is 23.8. The lowest BCUT2D eigenvalue weighted by atomic mass is 9.48. The number of carbonyl (C=O) groups is 1. The largest absolute Gasteiger partial charge is 0.493 e. The number of likely N-dealkylation sites (N-methyl/N-ethyl adjacent to an activating group) is 1.